The van der Waals surface area contributed by atoms with E-state index in [9.17, 15) is 13.2 Å². The number of alkyl halides is 3. The second-order valence-electron chi connectivity index (χ2n) is 9.45. The number of hydrogen-bond donors (Lipinski definition) is 2. The summed E-state index contributed by atoms with van der Waals surface area (Å²) in [4.78, 5) is 13.9. The lowest BCUT2D eigenvalue weighted by Gasteiger charge is -2.28. The van der Waals surface area contributed by atoms with Gasteiger partial charge < -0.3 is 11.1 Å². The smallest absolute Gasteiger partial charge is 0.351 e. The van der Waals surface area contributed by atoms with Gasteiger partial charge in [0.1, 0.15) is 5.65 Å². The molecule has 188 valence electrons. The number of nitrogens with one attached hydrogen (secondary N) is 1. The Hall–Kier alpha value is -3.46. The van der Waals surface area contributed by atoms with Crippen molar-refractivity contribution in [2.24, 2.45) is 11.7 Å². The second-order valence-corrected chi connectivity index (χ2v) is 9.45. The molecule has 0 spiro atoms. The molecule has 4 aromatic rings. The number of pyridine rings is 1. The largest absolute Gasteiger partial charge is 0.416 e. The summed E-state index contributed by atoms with van der Waals surface area (Å²) in [6.07, 6.45) is 5.20. The Labute approximate surface area is 207 Å². The molecule has 3 heterocycles. The van der Waals surface area contributed by atoms with Gasteiger partial charge in [0.2, 0.25) is 5.95 Å². The summed E-state index contributed by atoms with van der Waals surface area (Å²) in [6, 6.07) is 10.9. The van der Waals surface area contributed by atoms with Gasteiger partial charge in [-0.15, -0.1) is 0 Å². The van der Waals surface area contributed by atoms with Gasteiger partial charge in [-0.1, -0.05) is 37.5 Å². The first-order chi connectivity index (χ1) is 17.3. The number of imidazole rings is 1. The molecule has 3 N–H and O–H groups in total. The predicted octanol–water partition coefficient (Wildman–Crippen LogP) is 6.32. The van der Waals surface area contributed by atoms with Crippen LogP contribution < -0.4 is 11.1 Å². The van der Waals surface area contributed by atoms with Crippen LogP contribution in [0, 0.1) is 5.92 Å². The Morgan fingerprint density at radius 2 is 1.89 bits per heavy atom. The average Bonchev–Trinajstić information content (AvgIpc) is 3.27. The summed E-state index contributed by atoms with van der Waals surface area (Å²) < 4.78 is 42.3. The Morgan fingerprint density at radius 1 is 1.08 bits per heavy atom. The van der Waals surface area contributed by atoms with E-state index in [4.69, 9.17) is 15.7 Å². The fraction of sp³-hybridized carbons (Fsp3) is 0.370. The van der Waals surface area contributed by atoms with Gasteiger partial charge in [-0.05, 0) is 55.5 Å². The average molecular weight is 495 g/mol. The van der Waals surface area contributed by atoms with E-state index in [1.54, 1.807) is 18.3 Å². The highest BCUT2D eigenvalue weighted by Gasteiger charge is 2.31. The third-order valence-corrected chi connectivity index (χ3v) is 6.99. The Balaban J connectivity index is 1.60. The van der Waals surface area contributed by atoms with Crippen LogP contribution in [0.15, 0.2) is 54.9 Å². The molecule has 9 heteroatoms. The number of fused-ring (bicyclic) bond motifs is 1. The molecule has 0 saturated heterocycles. The molecule has 1 aliphatic rings. The number of hydrogen-bond acceptors (Lipinski definition) is 5. The van der Waals surface area contributed by atoms with Crippen LogP contribution in [0.2, 0.25) is 0 Å². The fourth-order valence-electron chi connectivity index (χ4n) is 5.01. The van der Waals surface area contributed by atoms with Crippen LogP contribution in [0.3, 0.4) is 0 Å². The summed E-state index contributed by atoms with van der Waals surface area (Å²) >= 11 is 0. The van der Waals surface area contributed by atoms with Crippen molar-refractivity contribution in [3.8, 4) is 22.6 Å². The van der Waals surface area contributed by atoms with E-state index in [0.29, 0.717) is 46.7 Å². The quantitative estimate of drug-likeness (QED) is 0.328. The van der Waals surface area contributed by atoms with E-state index >= 15 is 0 Å². The molecule has 0 bridgehead atoms. The summed E-state index contributed by atoms with van der Waals surface area (Å²) in [7, 11) is 0. The standard InChI is InChI=1S/C27H29F3N6/c1-17(19-6-3-2-4-7-19)33-26-32-13-12-22(34-26)25-24(20-8-5-9-21(14-20)27(28,29)30)35-23-11-10-18(15-31)16-36(23)25/h5,8-14,16-17,19H,2-4,6-7,15,31H2,1H3,(H,32,33,34)/t17-/m0/s1. The highest BCUT2D eigenvalue weighted by Crippen LogP contribution is 2.36. The minimum Gasteiger partial charge on any atom is -0.351 e. The molecule has 0 unspecified atom stereocenters. The van der Waals surface area contributed by atoms with Crippen molar-refractivity contribution >= 4 is 11.6 Å². The molecule has 0 aliphatic heterocycles. The lowest BCUT2D eigenvalue weighted by molar-refractivity contribution is -0.137. The van der Waals surface area contributed by atoms with Crippen LogP contribution in [-0.4, -0.2) is 25.4 Å². The van der Waals surface area contributed by atoms with Crippen molar-refractivity contribution in [3.05, 3.63) is 66.0 Å². The van der Waals surface area contributed by atoms with Gasteiger partial charge in [0.25, 0.3) is 0 Å². The first kappa shape index (κ1) is 24.2. The van der Waals surface area contributed by atoms with Gasteiger partial charge in [0.15, 0.2) is 0 Å². The minimum atomic E-state index is -4.46. The van der Waals surface area contributed by atoms with Gasteiger partial charge in [-0.25, -0.2) is 15.0 Å². The van der Waals surface area contributed by atoms with Crippen LogP contribution in [0.4, 0.5) is 19.1 Å². The highest BCUT2D eigenvalue weighted by atomic mass is 19.4. The normalized spacial score (nSPS) is 15.8. The topological polar surface area (TPSA) is 81.1 Å². The molecule has 1 aliphatic carbocycles. The van der Waals surface area contributed by atoms with E-state index in [1.807, 2.05) is 22.7 Å². The summed E-state index contributed by atoms with van der Waals surface area (Å²) in [5.74, 6) is 1.06. The zero-order valence-corrected chi connectivity index (χ0v) is 20.1. The number of aromatic nitrogens is 4. The third-order valence-electron chi connectivity index (χ3n) is 6.99. The van der Waals surface area contributed by atoms with Crippen molar-refractivity contribution in [1.82, 2.24) is 19.4 Å². The predicted molar refractivity (Wildman–Crippen MR) is 134 cm³/mol. The highest BCUT2D eigenvalue weighted by molar-refractivity contribution is 5.81. The van der Waals surface area contributed by atoms with Crippen molar-refractivity contribution in [2.75, 3.05) is 5.32 Å². The van der Waals surface area contributed by atoms with Crippen molar-refractivity contribution in [1.29, 1.82) is 0 Å². The Bertz CT molecular complexity index is 1360. The third kappa shape index (κ3) is 4.93. The van der Waals surface area contributed by atoms with Crippen LogP contribution in [0.1, 0.15) is 50.2 Å². The molecule has 5 rings (SSSR count). The first-order valence-electron chi connectivity index (χ1n) is 12.3. The van der Waals surface area contributed by atoms with E-state index in [1.165, 1.54) is 38.2 Å². The lowest BCUT2D eigenvalue weighted by Crippen LogP contribution is -2.28. The minimum absolute atomic E-state index is 0.217. The van der Waals surface area contributed by atoms with Gasteiger partial charge >= 0.3 is 6.18 Å². The summed E-state index contributed by atoms with van der Waals surface area (Å²) in [5, 5.41) is 3.45. The van der Waals surface area contributed by atoms with Crippen molar-refractivity contribution in [2.45, 2.75) is 57.8 Å². The van der Waals surface area contributed by atoms with E-state index in [2.05, 4.69) is 17.2 Å². The number of anilines is 1. The van der Waals surface area contributed by atoms with E-state index in [0.717, 1.165) is 17.7 Å². The molecule has 3 aromatic heterocycles. The SMILES string of the molecule is C[C@H](Nc1nccc(-c2c(-c3cccc(C(F)(F)F)c3)nc3ccc(CN)cn23)n1)C1CCCCC1. The number of nitrogens with two attached hydrogens (primary N) is 1. The fourth-order valence-corrected chi connectivity index (χ4v) is 5.01. The Kier molecular flexibility index (Phi) is 6.66. The molecule has 6 nitrogen and oxygen atoms in total. The number of rotatable bonds is 6. The summed E-state index contributed by atoms with van der Waals surface area (Å²) in [5.41, 5.74) is 8.55. The van der Waals surface area contributed by atoms with Gasteiger partial charge in [0.05, 0.1) is 22.6 Å². The summed E-state index contributed by atoms with van der Waals surface area (Å²) in [6.45, 7) is 2.48. The molecule has 1 fully saturated rings. The van der Waals surface area contributed by atoms with E-state index in [-0.39, 0.29) is 6.04 Å². The van der Waals surface area contributed by atoms with Crippen molar-refractivity contribution in [3.63, 3.8) is 0 Å². The van der Waals surface area contributed by atoms with E-state index < -0.39 is 11.7 Å². The monoisotopic (exact) mass is 494 g/mol. The zero-order valence-electron chi connectivity index (χ0n) is 20.1. The molecular formula is C27H29F3N6. The Morgan fingerprint density at radius 3 is 2.64 bits per heavy atom. The number of halogens is 3. The maximum absolute atomic E-state index is 13.5. The maximum atomic E-state index is 13.5. The molecule has 1 aromatic carbocycles. The number of nitrogens with zero attached hydrogens (tertiary/aromatic N) is 4. The molecule has 36 heavy (non-hydrogen) atoms. The molecule has 1 atom stereocenters. The number of benzene rings is 1. The first-order valence-corrected chi connectivity index (χ1v) is 12.3. The van der Waals surface area contributed by atoms with Crippen LogP contribution >= 0.6 is 0 Å². The second kappa shape index (κ2) is 9.89. The molecule has 1 saturated carbocycles. The molecular weight excluding hydrogens is 465 g/mol. The van der Waals surface area contributed by atoms with Gasteiger partial charge in [0, 0.05) is 30.5 Å². The van der Waals surface area contributed by atoms with Crippen LogP contribution in [0.25, 0.3) is 28.3 Å². The van der Waals surface area contributed by atoms with Crippen LogP contribution in [-0.2, 0) is 12.7 Å². The lowest BCUT2D eigenvalue weighted by atomic mass is 9.85. The van der Waals surface area contributed by atoms with Crippen molar-refractivity contribution < 1.29 is 13.2 Å². The molecule has 0 amide bonds. The zero-order chi connectivity index (χ0) is 25.3. The maximum Gasteiger partial charge on any atom is 0.416 e. The van der Waals surface area contributed by atoms with Crippen LogP contribution in [0.5, 0.6) is 0 Å². The van der Waals surface area contributed by atoms with Gasteiger partial charge in [-0.2, -0.15) is 13.2 Å². The molecule has 0 radical (unpaired) electrons. The van der Waals surface area contributed by atoms with Gasteiger partial charge in [-0.3, -0.25) is 4.40 Å².